The number of allylic oxidation sites excluding steroid dienone is 3. The molecule has 0 spiro atoms. The number of hydrogen-bond donors (Lipinski definition) is 2. The van der Waals surface area contributed by atoms with Crippen molar-refractivity contribution in [1.82, 2.24) is 0 Å². The number of carbonyl (C=O) groups is 2. The summed E-state index contributed by atoms with van der Waals surface area (Å²) in [6, 6.07) is 0. The van der Waals surface area contributed by atoms with Crippen LogP contribution in [0.3, 0.4) is 0 Å². The van der Waals surface area contributed by atoms with Gasteiger partial charge in [-0.3, -0.25) is 0 Å². The molecule has 0 aliphatic rings. The third-order valence-electron chi connectivity index (χ3n) is 3.30. The fourth-order valence-electron chi connectivity index (χ4n) is 1.94. The molecule has 1 amide bonds. The van der Waals surface area contributed by atoms with Crippen LogP contribution in [-0.2, 0) is 9.59 Å². The summed E-state index contributed by atoms with van der Waals surface area (Å²) in [5.41, 5.74) is 6.34. The Morgan fingerprint density at radius 2 is 1.90 bits per heavy atom. The van der Waals surface area contributed by atoms with Crippen molar-refractivity contribution >= 4 is 12.2 Å². The number of aliphatic hydroxyl groups is 1. The first-order valence-electron chi connectivity index (χ1n) is 6.75. The topological polar surface area (TPSA) is 80.4 Å². The van der Waals surface area contributed by atoms with Gasteiger partial charge in [-0.05, 0) is 0 Å². The Kier molecular flexibility index (Phi) is 9.24. The number of rotatable bonds is 11. The third-order valence-corrected chi connectivity index (χ3v) is 6.62. The fraction of sp³-hybridized carbons (Fsp3) is 0.500. The van der Waals surface area contributed by atoms with Crippen LogP contribution in [0.4, 0.5) is 0 Å². The average molecular weight is 406 g/mol. The van der Waals surface area contributed by atoms with E-state index in [4.69, 9.17) is 5.73 Å². The van der Waals surface area contributed by atoms with Crippen LogP contribution >= 0.6 is 0 Å². The molecule has 0 aliphatic heterocycles. The Labute approximate surface area is 137 Å². The van der Waals surface area contributed by atoms with E-state index in [2.05, 4.69) is 26.7 Å². The molecule has 0 saturated carbocycles. The Bertz CT molecular complexity index is 431. The number of alkyl halides is 1. The molecule has 0 rings (SSSR count). The van der Waals surface area contributed by atoms with Crippen LogP contribution in [0, 0.1) is 11.8 Å². The second-order valence-corrected chi connectivity index (χ2v) is 9.24. The van der Waals surface area contributed by atoms with Gasteiger partial charge in [-0.15, -0.1) is 0 Å². The monoisotopic (exact) mass is 406 g/mol. The zero-order chi connectivity index (χ0) is 16.6. The average Bonchev–Trinajstić information content (AvgIpc) is 2.34. The van der Waals surface area contributed by atoms with Crippen molar-refractivity contribution in [3.8, 4) is 0 Å². The molecule has 0 aliphatic carbocycles. The fourth-order valence-corrected chi connectivity index (χ4v) is 4.52. The van der Waals surface area contributed by atoms with Crippen LogP contribution in [0.25, 0.3) is 0 Å². The number of aliphatic hydroxyl groups excluding tert-OH is 1. The van der Waals surface area contributed by atoms with Crippen molar-refractivity contribution in [3.05, 3.63) is 34.6 Å². The van der Waals surface area contributed by atoms with Crippen molar-refractivity contribution in [1.29, 1.82) is 0 Å². The molecule has 0 aromatic rings. The van der Waals surface area contributed by atoms with Gasteiger partial charge in [0.05, 0.1) is 0 Å². The summed E-state index contributed by atoms with van der Waals surface area (Å²) >= 11 is -0.307. The summed E-state index contributed by atoms with van der Waals surface area (Å²) < 4.78 is 1.45. The number of primary amides is 1. The van der Waals surface area contributed by atoms with E-state index in [0.29, 0.717) is 10.3 Å². The first-order chi connectivity index (χ1) is 9.68. The van der Waals surface area contributed by atoms with Gasteiger partial charge < -0.3 is 0 Å². The third kappa shape index (κ3) is 8.04. The van der Waals surface area contributed by atoms with E-state index in [-0.39, 0.29) is 51.6 Å². The molecule has 0 bridgehead atoms. The quantitative estimate of drug-likeness (QED) is 0.163. The number of nitrogens with two attached hydrogens (primary N) is 1. The van der Waals surface area contributed by atoms with Gasteiger partial charge in [-0.2, -0.15) is 0 Å². The van der Waals surface area contributed by atoms with Gasteiger partial charge in [0.15, 0.2) is 0 Å². The van der Waals surface area contributed by atoms with Crippen LogP contribution in [0.15, 0.2) is 34.6 Å². The molecule has 4 nitrogen and oxygen atoms in total. The van der Waals surface area contributed by atoms with Gasteiger partial charge >= 0.3 is 137 Å². The van der Waals surface area contributed by atoms with Crippen LogP contribution in [0.5, 0.6) is 0 Å². The predicted molar refractivity (Wildman–Crippen MR) is 81.3 cm³/mol. The van der Waals surface area contributed by atoms with Crippen LogP contribution in [0.2, 0.25) is 0 Å². The molecule has 0 aromatic heterocycles. The maximum atomic E-state index is 11.1. The molecule has 3 atom stereocenters. The SMILES string of the molecule is C=C(CC(C(=C)O)C(CC=O)CC(N)=O)[I-]C(C)C(=C)C. The van der Waals surface area contributed by atoms with Crippen molar-refractivity contribution in [2.45, 2.75) is 37.0 Å². The van der Waals surface area contributed by atoms with Crippen molar-refractivity contribution in [2.75, 3.05) is 0 Å². The predicted octanol–water partition coefficient (Wildman–Crippen LogP) is -0.288. The maximum absolute atomic E-state index is 11.1. The van der Waals surface area contributed by atoms with E-state index in [1.165, 1.54) is 0 Å². The first-order valence-corrected chi connectivity index (χ1v) is 9.07. The van der Waals surface area contributed by atoms with E-state index < -0.39 is 5.91 Å². The molecule has 5 heteroatoms. The Morgan fingerprint density at radius 3 is 2.29 bits per heavy atom. The standard InChI is InChI=1S/C16H25INO3/c1-10(2)12(4)17-11(3)8-15(13(5)20)14(6-7-19)9-16(18)21/h7,12,14-15,20H,1,3,5-6,8-9H2,2,4H3,(H2,18,21)/q-1. The summed E-state index contributed by atoms with van der Waals surface area (Å²) in [5.74, 6) is -1.18. The number of hydrogen-bond acceptors (Lipinski definition) is 3. The van der Waals surface area contributed by atoms with E-state index in [1.807, 2.05) is 6.92 Å². The second-order valence-electron chi connectivity index (χ2n) is 5.22. The minimum atomic E-state index is -0.483. The van der Waals surface area contributed by atoms with Crippen LogP contribution < -0.4 is 26.9 Å². The molecular formula is C16H25INO3-. The molecule has 0 saturated heterocycles. The van der Waals surface area contributed by atoms with Gasteiger partial charge in [-0.25, -0.2) is 0 Å². The van der Waals surface area contributed by atoms with Gasteiger partial charge in [0.25, 0.3) is 0 Å². The molecular weight excluding hydrogens is 381 g/mol. The molecule has 0 aromatic carbocycles. The van der Waals surface area contributed by atoms with E-state index in [0.717, 1.165) is 15.4 Å². The molecule has 3 N–H and O–H groups in total. The number of carbonyl (C=O) groups excluding carboxylic acids is 2. The van der Waals surface area contributed by atoms with Gasteiger partial charge in [0.2, 0.25) is 0 Å². The van der Waals surface area contributed by atoms with Crippen LogP contribution in [0.1, 0.15) is 33.1 Å². The van der Waals surface area contributed by atoms with Crippen molar-refractivity contribution in [3.63, 3.8) is 0 Å². The molecule has 0 radical (unpaired) electrons. The van der Waals surface area contributed by atoms with Crippen molar-refractivity contribution in [2.24, 2.45) is 17.6 Å². The number of amides is 1. The van der Waals surface area contributed by atoms with Gasteiger partial charge in [0.1, 0.15) is 0 Å². The minimum absolute atomic E-state index is 0.0174. The number of aldehydes is 1. The summed E-state index contributed by atoms with van der Waals surface area (Å²) in [4.78, 5) is 21.9. The van der Waals surface area contributed by atoms with E-state index in [1.54, 1.807) is 0 Å². The van der Waals surface area contributed by atoms with Gasteiger partial charge in [-0.1, -0.05) is 0 Å². The first kappa shape index (κ1) is 19.9. The molecule has 3 unspecified atom stereocenters. The van der Waals surface area contributed by atoms with Crippen LogP contribution in [-0.4, -0.2) is 21.2 Å². The van der Waals surface area contributed by atoms with E-state index >= 15 is 0 Å². The molecule has 0 fully saturated rings. The Balaban J connectivity index is 4.90. The van der Waals surface area contributed by atoms with Gasteiger partial charge in [0, 0.05) is 0 Å². The molecule has 0 heterocycles. The normalized spacial score (nSPS) is 15.0. The van der Waals surface area contributed by atoms with E-state index in [9.17, 15) is 14.7 Å². The summed E-state index contributed by atoms with van der Waals surface area (Å²) in [7, 11) is 0. The zero-order valence-electron chi connectivity index (χ0n) is 12.8. The van der Waals surface area contributed by atoms with Crippen molar-refractivity contribution < 1.29 is 35.9 Å². The summed E-state index contributed by atoms with van der Waals surface area (Å²) in [6.45, 7) is 15.7. The Morgan fingerprint density at radius 1 is 1.33 bits per heavy atom. The summed E-state index contributed by atoms with van der Waals surface area (Å²) in [6.07, 6.45) is 1.52. The second kappa shape index (κ2) is 9.76. The summed E-state index contributed by atoms with van der Waals surface area (Å²) in [5, 5.41) is 9.81. The Hall–Kier alpha value is -1.11. The molecule has 120 valence electrons. The molecule has 21 heavy (non-hydrogen) atoms. The zero-order valence-corrected chi connectivity index (χ0v) is 14.9. The number of halogens is 1.